The highest BCUT2D eigenvalue weighted by atomic mass is 16.7. The van der Waals surface area contributed by atoms with E-state index in [0.717, 1.165) is 29.7 Å². The van der Waals surface area contributed by atoms with Crippen molar-refractivity contribution >= 4 is 23.6 Å². The van der Waals surface area contributed by atoms with Gasteiger partial charge in [-0.1, -0.05) is 70.5 Å². The summed E-state index contributed by atoms with van der Waals surface area (Å²) in [6.07, 6.45) is 8.78. The topological polar surface area (TPSA) is 94.1 Å². The summed E-state index contributed by atoms with van der Waals surface area (Å²) in [6.45, 7) is 16.6. The third-order valence-electron chi connectivity index (χ3n) is 7.71. The summed E-state index contributed by atoms with van der Waals surface area (Å²) in [5.41, 5.74) is 6.06. The van der Waals surface area contributed by atoms with Crippen LogP contribution in [-0.2, 0) is 25.6 Å². The second-order valence-corrected chi connectivity index (χ2v) is 11.6. The Morgan fingerprint density at radius 3 is 2.51 bits per heavy atom. The summed E-state index contributed by atoms with van der Waals surface area (Å²) in [4.78, 5) is 48.2. The first-order valence-electron chi connectivity index (χ1n) is 13.8. The molecule has 7 nitrogen and oxygen atoms in total. The highest BCUT2D eigenvalue weighted by molar-refractivity contribution is 6.03. The quantitative estimate of drug-likeness (QED) is 0.235. The molecule has 7 heteroatoms. The molecule has 0 bridgehead atoms. The van der Waals surface area contributed by atoms with Gasteiger partial charge in [-0.25, -0.2) is 9.59 Å². The summed E-state index contributed by atoms with van der Waals surface area (Å²) in [5, 5.41) is 0. The van der Waals surface area contributed by atoms with E-state index in [1.807, 2.05) is 25.1 Å². The maximum absolute atomic E-state index is 12.9. The number of carbonyl (C=O) groups excluding carboxylic acids is 3. The summed E-state index contributed by atoms with van der Waals surface area (Å²) in [7, 11) is 0. The maximum Gasteiger partial charge on any atom is 0.363 e. The van der Waals surface area contributed by atoms with Gasteiger partial charge in [0.05, 0.1) is 18.6 Å². The molecule has 2 aliphatic rings. The second kappa shape index (κ2) is 12.6. The first-order chi connectivity index (χ1) is 18.4. The van der Waals surface area contributed by atoms with Crippen LogP contribution in [0.1, 0.15) is 83.1 Å². The van der Waals surface area contributed by atoms with Crippen LogP contribution in [0.3, 0.4) is 0 Å². The number of fused-ring (bicyclic) bond motifs is 1. The number of hydrogen-bond donors (Lipinski definition) is 1. The van der Waals surface area contributed by atoms with Crippen molar-refractivity contribution in [3.8, 4) is 0 Å². The summed E-state index contributed by atoms with van der Waals surface area (Å²) in [6, 6.07) is 6.45. The van der Waals surface area contributed by atoms with Crippen molar-refractivity contribution in [2.45, 2.75) is 79.7 Å². The number of allylic oxidation sites excluding steroid dienone is 4. The lowest BCUT2D eigenvalue weighted by atomic mass is 9.55. The molecule has 39 heavy (non-hydrogen) atoms. The van der Waals surface area contributed by atoms with Crippen LogP contribution in [0, 0.1) is 16.7 Å². The molecule has 1 fully saturated rings. The Kier molecular flexibility index (Phi) is 9.70. The van der Waals surface area contributed by atoms with E-state index in [4.69, 9.17) is 14.6 Å². The molecular weight excluding hydrogens is 492 g/mol. The predicted octanol–water partition coefficient (Wildman–Crippen LogP) is 6.10. The lowest BCUT2D eigenvalue weighted by molar-refractivity contribution is -0.144. The molecular formula is C32H42N2O5. The molecule has 0 radical (unpaired) electrons. The molecule has 2 unspecified atom stereocenters. The van der Waals surface area contributed by atoms with Gasteiger partial charge >= 0.3 is 11.9 Å². The van der Waals surface area contributed by atoms with Gasteiger partial charge in [-0.05, 0) is 66.7 Å². The number of hydroxylamine groups is 1. The second-order valence-electron chi connectivity index (χ2n) is 11.6. The smallest absolute Gasteiger partial charge is 0.363 e. The molecule has 2 atom stereocenters. The number of esters is 1. The molecule has 2 aliphatic carbocycles. The number of nitrogens with one attached hydrogen (secondary N) is 1. The van der Waals surface area contributed by atoms with Crippen molar-refractivity contribution in [1.82, 2.24) is 5.48 Å². The van der Waals surface area contributed by atoms with Crippen LogP contribution in [-0.4, -0.2) is 36.2 Å². The fourth-order valence-electron chi connectivity index (χ4n) is 5.46. The van der Waals surface area contributed by atoms with Crippen LogP contribution in [0.15, 0.2) is 65.2 Å². The van der Waals surface area contributed by atoms with Gasteiger partial charge in [0.15, 0.2) is 0 Å². The van der Waals surface area contributed by atoms with Crippen LogP contribution >= 0.6 is 0 Å². The van der Waals surface area contributed by atoms with E-state index in [1.54, 1.807) is 25.1 Å². The number of amides is 1. The zero-order valence-electron chi connectivity index (χ0n) is 24.1. The lowest BCUT2D eigenvalue weighted by Crippen LogP contribution is -2.44. The zero-order chi connectivity index (χ0) is 28.8. The van der Waals surface area contributed by atoms with E-state index in [1.165, 1.54) is 5.57 Å². The molecule has 3 rings (SSSR count). The number of hydrogen-bond acceptors (Lipinski definition) is 6. The van der Waals surface area contributed by atoms with Crippen LogP contribution in [0.2, 0.25) is 0 Å². The minimum absolute atomic E-state index is 0.00350. The number of ether oxygens (including phenoxy) is 1. The summed E-state index contributed by atoms with van der Waals surface area (Å²) < 4.78 is 5.27. The number of carbonyl (C=O) groups is 3. The predicted molar refractivity (Wildman–Crippen MR) is 153 cm³/mol. The molecule has 0 aromatic heterocycles. The summed E-state index contributed by atoms with van der Waals surface area (Å²) in [5.74, 6) is -1.39. The van der Waals surface area contributed by atoms with E-state index >= 15 is 0 Å². The van der Waals surface area contributed by atoms with Crippen LogP contribution in [0.5, 0.6) is 0 Å². The number of benzene rings is 1. The Hall–Kier alpha value is -3.48. The van der Waals surface area contributed by atoms with Gasteiger partial charge in [0.25, 0.3) is 5.91 Å². The molecule has 210 valence electrons. The number of rotatable bonds is 9. The molecule has 0 aliphatic heterocycles. The Morgan fingerprint density at radius 1 is 1.13 bits per heavy atom. The van der Waals surface area contributed by atoms with Crippen molar-refractivity contribution in [3.63, 3.8) is 0 Å². The fraction of sp³-hybridized carbons (Fsp3) is 0.500. The minimum atomic E-state index is -0.630. The van der Waals surface area contributed by atoms with Crippen LogP contribution in [0.4, 0.5) is 0 Å². The average Bonchev–Trinajstić information content (AvgIpc) is 2.89. The van der Waals surface area contributed by atoms with Gasteiger partial charge in [-0.15, -0.1) is 6.58 Å². The minimum Gasteiger partial charge on any atom is -0.464 e. The monoisotopic (exact) mass is 534 g/mol. The molecule has 0 heterocycles. The van der Waals surface area contributed by atoms with E-state index < -0.39 is 17.9 Å². The van der Waals surface area contributed by atoms with Gasteiger partial charge in [0.1, 0.15) is 6.04 Å². The lowest BCUT2D eigenvalue weighted by Gasteiger charge is -2.50. The molecule has 1 saturated carbocycles. The van der Waals surface area contributed by atoms with E-state index in [0.29, 0.717) is 25.0 Å². The Labute approximate surface area is 232 Å². The third-order valence-corrected chi connectivity index (χ3v) is 7.71. The molecule has 0 saturated heterocycles. The highest BCUT2D eigenvalue weighted by Gasteiger charge is 2.47. The standard InChI is InChI=1S/C32H42N2O5/c1-8-13-22-14-11-12-15-23(22)29(36)39-34-27(35)20-21-18-24-28(32(6,7)17-16-31(24,4)5)26(19-21)33-25(9-2)30(37)38-10-3/h8,11-12,14-15,18-19,25,28H,1,9-10,13,16-17,20H2,2-7H3,(H,34,35). The Morgan fingerprint density at radius 2 is 1.85 bits per heavy atom. The van der Waals surface area contributed by atoms with Crippen molar-refractivity contribution in [1.29, 1.82) is 0 Å². The van der Waals surface area contributed by atoms with Crippen LogP contribution < -0.4 is 5.48 Å². The van der Waals surface area contributed by atoms with Crippen molar-refractivity contribution < 1.29 is 24.0 Å². The Bertz CT molecular complexity index is 1200. The average molecular weight is 535 g/mol. The van der Waals surface area contributed by atoms with Crippen molar-refractivity contribution in [2.24, 2.45) is 21.7 Å². The van der Waals surface area contributed by atoms with Crippen molar-refractivity contribution in [2.75, 3.05) is 6.61 Å². The van der Waals surface area contributed by atoms with Crippen LogP contribution in [0.25, 0.3) is 0 Å². The van der Waals surface area contributed by atoms with Gasteiger partial charge < -0.3 is 9.57 Å². The molecule has 0 spiro atoms. The fourth-order valence-corrected chi connectivity index (χ4v) is 5.46. The number of nitrogens with zero attached hydrogens (tertiary/aromatic N) is 1. The SMILES string of the molecule is C=CCc1ccccc1C(=O)ONC(=O)CC1=CC(=NC(CC)C(=O)OCC)C2C(=C1)C(C)(C)CCC2(C)C. The van der Waals surface area contributed by atoms with Gasteiger partial charge in [0, 0.05) is 11.6 Å². The molecule has 1 N–H and O–H groups in total. The van der Waals surface area contributed by atoms with E-state index in [9.17, 15) is 14.4 Å². The molecule has 1 aromatic rings. The normalized spacial score (nSPS) is 21.1. The molecule has 1 amide bonds. The summed E-state index contributed by atoms with van der Waals surface area (Å²) >= 11 is 0. The first-order valence-corrected chi connectivity index (χ1v) is 13.8. The third kappa shape index (κ3) is 7.14. The first kappa shape index (κ1) is 30.1. The zero-order valence-corrected chi connectivity index (χ0v) is 24.1. The number of aliphatic imine (C=N–C) groups is 1. The van der Waals surface area contributed by atoms with Gasteiger partial charge in [-0.2, -0.15) is 5.48 Å². The largest absolute Gasteiger partial charge is 0.464 e. The highest BCUT2D eigenvalue weighted by Crippen LogP contribution is 2.54. The van der Waals surface area contributed by atoms with Gasteiger partial charge in [0.2, 0.25) is 0 Å². The van der Waals surface area contributed by atoms with Gasteiger partial charge in [-0.3, -0.25) is 9.79 Å². The van der Waals surface area contributed by atoms with E-state index in [-0.39, 0.29) is 29.1 Å². The van der Waals surface area contributed by atoms with E-state index in [2.05, 4.69) is 45.8 Å². The maximum atomic E-state index is 12.9. The molecule has 1 aromatic carbocycles. The Balaban J connectivity index is 1.86. The van der Waals surface area contributed by atoms with Crippen molar-refractivity contribution in [3.05, 3.63) is 71.3 Å².